The minimum Gasteiger partial charge on any atom is -0.343 e. The van der Waals surface area contributed by atoms with Crippen LogP contribution in [0.4, 0.5) is 10.9 Å². The molecule has 0 spiro atoms. The molecule has 1 atom stereocenters. The van der Waals surface area contributed by atoms with E-state index in [2.05, 4.69) is 46.6 Å². The number of hydrogen-bond donors (Lipinski definition) is 2. The first-order valence-electron chi connectivity index (χ1n) is 9.68. The SMILES string of the molecule is Cc1sc(NC(=O)c2ccccc2)c(C(Nc2ncccn2)c2ccccc2)c1C. The van der Waals surface area contributed by atoms with Crippen molar-refractivity contribution in [1.29, 1.82) is 0 Å². The molecule has 4 rings (SSSR count). The van der Waals surface area contributed by atoms with Crippen molar-refractivity contribution in [2.24, 2.45) is 0 Å². The second kappa shape index (κ2) is 8.88. The zero-order chi connectivity index (χ0) is 20.9. The second-order valence-corrected chi connectivity index (χ2v) is 8.13. The summed E-state index contributed by atoms with van der Waals surface area (Å²) in [5, 5.41) is 7.41. The summed E-state index contributed by atoms with van der Waals surface area (Å²) in [4.78, 5) is 22.7. The van der Waals surface area contributed by atoms with Crippen LogP contribution < -0.4 is 10.6 Å². The Morgan fingerprint density at radius 1 is 0.900 bits per heavy atom. The molecule has 0 aliphatic heterocycles. The number of anilines is 2. The van der Waals surface area contributed by atoms with Crippen molar-refractivity contribution in [3.8, 4) is 0 Å². The second-order valence-electron chi connectivity index (χ2n) is 6.91. The lowest BCUT2D eigenvalue weighted by molar-refractivity contribution is 0.102. The van der Waals surface area contributed by atoms with Gasteiger partial charge in [0.05, 0.1) is 6.04 Å². The van der Waals surface area contributed by atoms with Gasteiger partial charge in [0.1, 0.15) is 5.00 Å². The lowest BCUT2D eigenvalue weighted by Gasteiger charge is -2.21. The molecule has 30 heavy (non-hydrogen) atoms. The molecule has 4 aromatic rings. The summed E-state index contributed by atoms with van der Waals surface area (Å²) in [7, 11) is 0. The minimum absolute atomic E-state index is 0.124. The zero-order valence-electron chi connectivity index (χ0n) is 16.8. The fourth-order valence-corrected chi connectivity index (χ4v) is 4.41. The highest BCUT2D eigenvalue weighted by Gasteiger charge is 2.25. The van der Waals surface area contributed by atoms with E-state index in [1.165, 1.54) is 0 Å². The zero-order valence-corrected chi connectivity index (χ0v) is 17.6. The molecule has 5 nitrogen and oxygen atoms in total. The van der Waals surface area contributed by atoms with Crippen LogP contribution in [0, 0.1) is 13.8 Å². The van der Waals surface area contributed by atoms with Gasteiger partial charge in [0, 0.05) is 28.4 Å². The maximum Gasteiger partial charge on any atom is 0.256 e. The molecule has 0 radical (unpaired) electrons. The molecular formula is C24H22N4OS. The number of thiophene rings is 1. The summed E-state index contributed by atoms with van der Waals surface area (Å²) >= 11 is 1.58. The number of carbonyl (C=O) groups is 1. The highest BCUT2D eigenvalue weighted by molar-refractivity contribution is 7.16. The summed E-state index contributed by atoms with van der Waals surface area (Å²) in [6.45, 7) is 4.16. The van der Waals surface area contributed by atoms with Crippen LogP contribution in [0.1, 0.15) is 38.0 Å². The van der Waals surface area contributed by atoms with Gasteiger partial charge in [-0.2, -0.15) is 0 Å². The monoisotopic (exact) mass is 414 g/mol. The van der Waals surface area contributed by atoms with E-state index in [0.29, 0.717) is 11.5 Å². The molecule has 0 fully saturated rings. The third-order valence-corrected chi connectivity index (χ3v) is 6.09. The Labute approximate surface area is 179 Å². The first-order valence-corrected chi connectivity index (χ1v) is 10.5. The fraction of sp³-hybridized carbons (Fsp3) is 0.125. The third kappa shape index (κ3) is 4.23. The molecule has 2 N–H and O–H groups in total. The normalized spacial score (nSPS) is 11.7. The van der Waals surface area contributed by atoms with Crippen LogP contribution in [-0.2, 0) is 0 Å². The van der Waals surface area contributed by atoms with E-state index in [4.69, 9.17) is 0 Å². The predicted molar refractivity (Wildman–Crippen MR) is 122 cm³/mol. The van der Waals surface area contributed by atoms with Gasteiger partial charge in [-0.25, -0.2) is 9.97 Å². The molecule has 2 aromatic heterocycles. The van der Waals surface area contributed by atoms with E-state index in [1.807, 2.05) is 48.5 Å². The van der Waals surface area contributed by atoms with Crippen LogP contribution in [0.25, 0.3) is 0 Å². The summed E-state index contributed by atoms with van der Waals surface area (Å²) in [6, 6.07) is 21.0. The number of amides is 1. The van der Waals surface area contributed by atoms with Gasteiger partial charge in [-0.15, -0.1) is 11.3 Å². The minimum atomic E-state index is -0.204. The van der Waals surface area contributed by atoms with Crippen LogP contribution in [-0.4, -0.2) is 15.9 Å². The Kier molecular flexibility index (Phi) is 5.86. The van der Waals surface area contributed by atoms with Crippen LogP contribution in [0.3, 0.4) is 0 Å². The van der Waals surface area contributed by atoms with Crippen molar-refractivity contribution < 1.29 is 4.79 Å². The highest BCUT2D eigenvalue weighted by atomic mass is 32.1. The molecule has 0 aliphatic carbocycles. The molecule has 0 aliphatic rings. The van der Waals surface area contributed by atoms with Gasteiger partial charge in [0.15, 0.2) is 0 Å². The number of aromatic nitrogens is 2. The average Bonchev–Trinajstić information content (AvgIpc) is 3.07. The molecule has 0 saturated heterocycles. The number of carbonyl (C=O) groups excluding carboxylic acids is 1. The number of nitrogens with one attached hydrogen (secondary N) is 2. The van der Waals surface area contributed by atoms with Gasteiger partial charge in [0.2, 0.25) is 5.95 Å². The maximum absolute atomic E-state index is 12.9. The average molecular weight is 415 g/mol. The molecule has 0 bridgehead atoms. The largest absolute Gasteiger partial charge is 0.343 e. The smallest absolute Gasteiger partial charge is 0.256 e. The topological polar surface area (TPSA) is 66.9 Å². The maximum atomic E-state index is 12.9. The van der Waals surface area contributed by atoms with E-state index in [-0.39, 0.29) is 11.9 Å². The van der Waals surface area contributed by atoms with Gasteiger partial charge >= 0.3 is 0 Å². The van der Waals surface area contributed by atoms with E-state index in [9.17, 15) is 4.79 Å². The summed E-state index contributed by atoms with van der Waals surface area (Å²) < 4.78 is 0. The van der Waals surface area contributed by atoms with Crippen molar-refractivity contribution in [3.05, 3.63) is 106 Å². The van der Waals surface area contributed by atoms with E-state index >= 15 is 0 Å². The van der Waals surface area contributed by atoms with Gasteiger partial charge in [-0.3, -0.25) is 4.79 Å². The van der Waals surface area contributed by atoms with Crippen LogP contribution in [0.2, 0.25) is 0 Å². The number of nitrogens with zero attached hydrogens (tertiary/aromatic N) is 2. The molecule has 2 heterocycles. The fourth-order valence-electron chi connectivity index (χ4n) is 3.32. The number of rotatable bonds is 6. The molecule has 0 saturated carbocycles. The van der Waals surface area contributed by atoms with Crippen LogP contribution in [0.15, 0.2) is 79.1 Å². The molecular weight excluding hydrogens is 392 g/mol. The summed E-state index contributed by atoms with van der Waals surface area (Å²) in [5.41, 5.74) is 3.87. The van der Waals surface area contributed by atoms with Crippen molar-refractivity contribution in [1.82, 2.24) is 9.97 Å². The number of benzene rings is 2. The first-order chi connectivity index (χ1) is 14.6. The van der Waals surface area contributed by atoms with Crippen molar-refractivity contribution in [3.63, 3.8) is 0 Å². The predicted octanol–water partition coefficient (Wildman–Crippen LogP) is 5.61. The van der Waals surface area contributed by atoms with E-state index < -0.39 is 0 Å². The Hall–Kier alpha value is -3.51. The Morgan fingerprint density at radius 3 is 2.20 bits per heavy atom. The van der Waals surface area contributed by atoms with E-state index in [0.717, 1.165) is 26.6 Å². The van der Waals surface area contributed by atoms with Crippen molar-refractivity contribution in [2.75, 3.05) is 10.6 Å². The van der Waals surface area contributed by atoms with Crippen molar-refractivity contribution >= 4 is 28.2 Å². The Bertz CT molecular complexity index is 1130. The van der Waals surface area contributed by atoms with Crippen LogP contribution >= 0.6 is 11.3 Å². The number of hydrogen-bond acceptors (Lipinski definition) is 5. The molecule has 6 heteroatoms. The Balaban J connectivity index is 1.76. The summed E-state index contributed by atoms with van der Waals surface area (Å²) in [5.74, 6) is 0.413. The molecule has 150 valence electrons. The number of aryl methyl sites for hydroxylation is 1. The van der Waals surface area contributed by atoms with Gasteiger partial charge in [0.25, 0.3) is 5.91 Å². The lowest BCUT2D eigenvalue weighted by atomic mass is 9.96. The third-order valence-electron chi connectivity index (χ3n) is 4.96. The lowest BCUT2D eigenvalue weighted by Crippen LogP contribution is -2.18. The summed E-state index contributed by atoms with van der Waals surface area (Å²) in [6.07, 6.45) is 3.42. The standard InChI is InChI=1S/C24H22N4OS/c1-16-17(2)30-23(28-22(29)19-12-7-4-8-13-19)20(16)21(18-10-5-3-6-11-18)27-24-25-14-9-15-26-24/h3-15,21H,1-2H3,(H,28,29)(H,25,26,27). The quantitative estimate of drug-likeness (QED) is 0.430. The molecule has 1 unspecified atom stereocenters. The van der Waals surface area contributed by atoms with Gasteiger partial charge in [-0.1, -0.05) is 48.5 Å². The molecule has 2 aromatic carbocycles. The first kappa shape index (κ1) is 19.8. The highest BCUT2D eigenvalue weighted by Crippen LogP contribution is 2.40. The van der Waals surface area contributed by atoms with Gasteiger partial charge in [-0.05, 0) is 43.2 Å². The van der Waals surface area contributed by atoms with Crippen molar-refractivity contribution in [2.45, 2.75) is 19.9 Å². The van der Waals surface area contributed by atoms with Crippen LogP contribution in [0.5, 0.6) is 0 Å². The Morgan fingerprint density at radius 2 is 1.53 bits per heavy atom. The van der Waals surface area contributed by atoms with Gasteiger partial charge < -0.3 is 10.6 Å². The van der Waals surface area contributed by atoms with E-state index in [1.54, 1.807) is 29.8 Å². The molecule has 1 amide bonds.